The van der Waals surface area contributed by atoms with Gasteiger partial charge in [-0.25, -0.2) is 4.79 Å². The molecule has 1 atom stereocenters. The lowest BCUT2D eigenvalue weighted by molar-refractivity contribution is 0.154. The molecule has 0 N–H and O–H groups in total. The van der Waals surface area contributed by atoms with E-state index < -0.39 is 0 Å². The van der Waals surface area contributed by atoms with Gasteiger partial charge in [0.15, 0.2) is 0 Å². The number of rotatable bonds is 2. The first-order valence-electron chi connectivity index (χ1n) is 4.04. The lowest BCUT2D eigenvalue weighted by Gasteiger charge is -2.19. The van der Waals surface area contributed by atoms with Gasteiger partial charge in [0, 0.05) is 6.54 Å². The number of ether oxygens (including phenoxy) is 1. The van der Waals surface area contributed by atoms with Gasteiger partial charge in [0.05, 0.1) is 6.04 Å². The summed E-state index contributed by atoms with van der Waals surface area (Å²) in [5.74, 6) is 0.517. The van der Waals surface area contributed by atoms with Crippen LogP contribution in [0.15, 0.2) is 0 Å². The van der Waals surface area contributed by atoms with Gasteiger partial charge in [-0.1, -0.05) is 13.8 Å². The molecule has 1 heterocycles. The molecule has 11 heavy (non-hydrogen) atoms. The van der Waals surface area contributed by atoms with Crippen molar-refractivity contribution < 1.29 is 9.53 Å². The molecule has 64 valence electrons. The van der Waals surface area contributed by atoms with E-state index in [-0.39, 0.29) is 12.1 Å². The fraction of sp³-hybridized carbons (Fsp3) is 0.875. The van der Waals surface area contributed by atoms with Crippen LogP contribution in [-0.4, -0.2) is 30.2 Å². The van der Waals surface area contributed by atoms with Crippen LogP contribution >= 0.6 is 0 Å². The smallest absolute Gasteiger partial charge is 0.410 e. The van der Waals surface area contributed by atoms with Gasteiger partial charge in [0.2, 0.25) is 0 Å². The maximum atomic E-state index is 11.0. The highest BCUT2D eigenvalue weighted by Crippen LogP contribution is 2.13. The molecule has 1 rings (SSSR count). The van der Waals surface area contributed by atoms with E-state index in [1.54, 1.807) is 4.90 Å². The minimum absolute atomic E-state index is 0.161. The standard InChI is InChI=1S/C8H15NO2/c1-6(2)4-9-7(3)5-11-8(9)10/h6-7H,4-5H2,1-3H3/t7-/m0/s1. The molecule has 3 heteroatoms. The third kappa shape index (κ3) is 1.85. The van der Waals surface area contributed by atoms with Crippen molar-refractivity contribution in [3.8, 4) is 0 Å². The van der Waals surface area contributed by atoms with E-state index in [9.17, 15) is 4.79 Å². The predicted molar refractivity (Wildman–Crippen MR) is 42.4 cm³/mol. The van der Waals surface area contributed by atoms with E-state index in [2.05, 4.69) is 13.8 Å². The molecule has 0 aliphatic carbocycles. The molecular formula is C8H15NO2. The highest BCUT2D eigenvalue weighted by molar-refractivity contribution is 5.69. The predicted octanol–water partition coefficient (Wildman–Crippen LogP) is 1.48. The second-order valence-corrected chi connectivity index (χ2v) is 3.47. The Hall–Kier alpha value is -0.730. The first-order chi connectivity index (χ1) is 5.11. The van der Waals surface area contributed by atoms with Crippen LogP contribution in [0.5, 0.6) is 0 Å². The third-order valence-electron chi connectivity index (χ3n) is 1.78. The lowest BCUT2D eigenvalue weighted by atomic mass is 10.2. The van der Waals surface area contributed by atoms with Crippen molar-refractivity contribution in [2.24, 2.45) is 5.92 Å². The topological polar surface area (TPSA) is 29.5 Å². The summed E-state index contributed by atoms with van der Waals surface area (Å²) < 4.78 is 4.87. The molecule has 1 fully saturated rings. The maximum Gasteiger partial charge on any atom is 0.410 e. The average Bonchev–Trinajstić information content (AvgIpc) is 2.18. The van der Waals surface area contributed by atoms with Crippen molar-refractivity contribution in [1.82, 2.24) is 4.90 Å². The zero-order chi connectivity index (χ0) is 8.43. The van der Waals surface area contributed by atoms with Gasteiger partial charge in [-0.15, -0.1) is 0 Å². The summed E-state index contributed by atoms with van der Waals surface area (Å²) in [6.07, 6.45) is -0.161. The summed E-state index contributed by atoms with van der Waals surface area (Å²) in [6.45, 7) is 7.55. The Bertz CT molecular complexity index is 156. The fourth-order valence-electron chi connectivity index (χ4n) is 1.19. The Kier molecular flexibility index (Phi) is 2.37. The van der Waals surface area contributed by atoms with E-state index in [4.69, 9.17) is 4.74 Å². The lowest BCUT2D eigenvalue weighted by Crippen LogP contribution is -2.34. The van der Waals surface area contributed by atoms with Crippen LogP contribution in [0.3, 0.4) is 0 Å². The van der Waals surface area contributed by atoms with Gasteiger partial charge >= 0.3 is 6.09 Å². The van der Waals surface area contributed by atoms with Gasteiger partial charge in [-0.3, -0.25) is 0 Å². The maximum absolute atomic E-state index is 11.0. The van der Waals surface area contributed by atoms with Crippen LogP contribution in [0.2, 0.25) is 0 Å². The molecule has 0 radical (unpaired) electrons. The summed E-state index contributed by atoms with van der Waals surface area (Å²) in [4.78, 5) is 12.8. The zero-order valence-electron chi connectivity index (χ0n) is 7.33. The SMILES string of the molecule is CC(C)CN1C(=O)OC[C@@H]1C. The Balaban J connectivity index is 2.48. The molecule has 1 saturated heterocycles. The Morgan fingerprint density at radius 2 is 2.36 bits per heavy atom. The molecule has 0 aromatic rings. The minimum atomic E-state index is -0.161. The Morgan fingerprint density at radius 3 is 2.73 bits per heavy atom. The van der Waals surface area contributed by atoms with Gasteiger partial charge in [0.25, 0.3) is 0 Å². The van der Waals surface area contributed by atoms with Gasteiger partial charge in [-0.05, 0) is 12.8 Å². The monoisotopic (exact) mass is 157 g/mol. The molecule has 0 unspecified atom stereocenters. The molecule has 1 amide bonds. The number of carbonyl (C=O) groups excluding carboxylic acids is 1. The summed E-state index contributed by atoms with van der Waals surface area (Å²) in [5, 5.41) is 0. The molecule has 0 spiro atoms. The van der Waals surface area contributed by atoms with Crippen LogP contribution in [0, 0.1) is 5.92 Å². The van der Waals surface area contributed by atoms with Crippen molar-refractivity contribution >= 4 is 6.09 Å². The highest BCUT2D eigenvalue weighted by Gasteiger charge is 2.29. The minimum Gasteiger partial charge on any atom is -0.447 e. The van der Waals surface area contributed by atoms with Crippen molar-refractivity contribution in [3.05, 3.63) is 0 Å². The number of amides is 1. The zero-order valence-corrected chi connectivity index (χ0v) is 7.33. The summed E-state index contributed by atoms with van der Waals surface area (Å²) >= 11 is 0. The van der Waals surface area contributed by atoms with Crippen molar-refractivity contribution in [1.29, 1.82) is 0 Å². The van der Waals surface area contributed by atoms with Crippen LogP contribution in [0.25, 0.3) is 0 Å². The first kappa shape index (κ1) is 8.37. The average molecular weight is 157 g/mol. The van der Waals surface area contributed by atoms with E-state index in [1.807, 2.05) is 6.92 Å². The van der Waals surface area contributed by atoms with Gasteiger partial charge in [-0.2, -0.15) is 0 Å². The van der Waals surface area contributed by atoms with Gasteiger partial charge in [0.1, 0.15) is 6.61 Å². The quantitative estimate of drug-likeness (QED) is 0.607. The third-order valence-corrected chi connectivity index (χ3v) is 1.78. The Labute approximate surface area is 67.3 Å². The molecule has 0 aromatic carbocycles. The Morgan fingerprint density at radius 1 is 1.73 bits per heavy atom. The molecular weight excluding hydrogens is 142 g/mol. The van der Waals surface area contributed by atoms with Crippen molar-refractivity contribution in [2.75, 3.05) is 13.2 Å². The second kappa shape index (κ2) is 3.11. The van der Waals surface area contributed by atoms with E-state index in [0.717, 1.165) is 6.54 Å². The molecule has 1 aliphatic heterocycles. The number of cyclic esters (lactones) is 1. The van der Waals surface area contributed by atoms with Crippen LogP contribution in [0.1, 0.15) is 20.8 Å². The number of nitrogens with zero attached hydrogens (tertiary/aromatic N) is 1. The normalized spacial score (nSPS) is 24.5. The summed E-state index contributed by atoms with van der Waals surface area (Å²) in [7, 11) is 0. The van der Waals surface area contributed by atoms with E-state index in [0.29, 0.717) is 12.5 Å². The fourth-order valence-corrected chi connectivity index (χ4v) is 1.19. The molecule has 0 aromatic heterocycles. The number of carbonyl (C=O) groups is 1. The molecule has 0 bridgehead atoms. The van der Waals surface area contributed by atoms with Crippen LogP contribution < -0.4 is 0 Å². The first-order valence-corrected chi connectivity index (χ1v) is 4.04. The molecule has 1 aliphatic rings. The molecule has 0 saturated carbocycles. The number of hydrogen-bond acceptors (Lipinski definition) is 2. The van der Waals surface area contributed by atoms with Crippen molar-refractivity contribution in [3.63, 3.8) is 0 Å². The second-order valence-electron chi connectivity index (χ2n) is 3.47. The largest absolute Gasteiger partial charge is 0.447 e. The number of hydrogen-bond donors (Lipinski definition) is 0. The van der Waals surface area contributed by atoms with Gasteiger partial charge < -0.3 is 9.64 Å². The van der Waals surface area contributed by atoms with Crippen LogP contribution in [-0.2, 0) is 4.74 Å². The highest BCUT2D eigenvalue weighted by atomic mass is 16.6. The van der Waals surface area contributed by atoms with E-state index in [1.165, 1.54) is 0 Å². The van der Waals surface area contributed by atoms with Crippen molar-refractivity contribution in [2.45, 2.75) is 26.8 Å². The summed E-state index contributed by atoms with van der Waals surface area (Å²) in [5.41, 5.74) is 0. The molecule has 3 nitrogen and oxygen atoms in total. The van der Waals surface area contributed by atoms with Crippen LogP contribution in [0.4, 0.5) is 4.79 Å². The van der Waals surface area contributed by atoms with E-state index >= 15 is 0 Å². The summed E-state index contributed by atoms with van der Waals surface area (Å²) in [6, 6.07) is 0.255.